The summed E-state index contributed by atoms with van der Waals surface area (Å²) in [4.78, 5) is 8.89. The van der Waals surface area contributed by atoms with Crippen LogP contribution in [0.15, 0.2) is 68.7 Å². The molecule has 6 nitrogen and oxygen atoms in total. The highest BCUT2D eigenvalue weighted by Crippen LogP contribution is 2.36. The number of nitrogens with zero attached hydrogens (tertiary/aromatic N) is 6. The predicted molar refractivity (Wildman–Crippen MR) is 89.0 cm³/mol. The topological polar surface area (TPSA) is 55.9 Å². The van der Waals surface area contributed by atoms with Gasteiger partial charge < -0.3 is 0 Å². The Morgan fingerprint density at radius 3 is 1.55 bits per heavy atom. The van der Waals surface area contributed by atoms with Crippen molar-refractivity contribution in [1.82, 2.24) is 0 Å². The Morgan fingerprint density at radius 2 is 1.05 bits per heavy atom. The lowest BCUT2D eigenvalue weighted by atomic mass is 10.2. The molecule has 0 unspecified atom stereocenters. The molecule has 2 aromatic rings. The van der Waals surface area contributed by atoms with Gasteiger partial charge in [-0.3, -0.25) is 9.98 Å². The third kappa shape index (κ3) is 1.49. The highest BCUT2D eigenvalue weighted by atomic mass is 15.6. The van der Waals surface area contributed by atoms with E-state index in [4.69, 9.17) is 0 Å². The van der Waals surface area contributed by atoms with E-state index in [9.17, 15) is 0 Å². The van der Waals surface area contributed by atoms with Gasteiger partial charge in [-0.05, 0) is 24.3 Å². The minimum atomic E-state index is 0.688. The number of hydrogen-bond donors (Lipinski definition) is 0. The minimum absolute atomic E-state index is 0.688. The van der Waals surface area contributed by atoms with E-state index in [1.165, 1.54) is 0 Å². The average Bonchev–Trinajstić information content (AvgIpc) is 2.60. The maximum atomic E-state index is 4.67. The van der Waals surface area contributed by atoms with Gasteiger partial charge in [0.15, 0.2) is 11.7 Å². The molecule has 0 aliphatic carbocycles. The summed E-state index contributed by atoms with van der Waals surface area (Å²) in [5, 5.41) is 12.9. The van der Waals surface area contributed by atoms with Crippen LogP contribution in [0.5, 0.6) is 0 Å². The smallest absolute Gasteiger partial charge is 0.193 e. The zero-order valence-corrected chi connectivity index (χ0v) is 11.5. The molecule has 3 aliphatic heterocycles. The lowest BCUT2D eigenvalue weighted by Gasteiger charge is -2.33. The molecule has 0 N–H and O–H groups in total. The Hall–Kier alpha value is -3.28. The number of para-hydroxylation sites is 4. The molecule has 22 heavy (non-hydrogen) atoms. The first kappa shape index (κ1) is 11.4. The van der Waals surface area contributed by atoms with Gasteiger partial charge in [0.05, 0.1) is 35.2 Å². The van der Waals surface area contributed by atoms with Crippen LogP contribution in [0.3, 0.4) is 0 Å². The monoisotopic (exact) mass is 286 g/mol. The van der Waals surface area contributed by atoms with Gasteiger partial charge in [0.1, 0.15) is 0 Å². The van der Waals surface area contributed by atoms with Crippen LogP contribution in [0.25, 0.3) is 0 Å². The SMILES string of the molecule is C1=Nc2ccccc2N2N=C3C=Nc4ccccc4N3N=C12. The second-order valence-electron chi connectivity index (χ2n) is 5.03. The number of hydrogen-bond acceptors (Lipinski definition) is 6. The van der Waals surface area contributed by atoms with Crippen LogP contribution in [0.2, 0.25) is 0 Å². The van der Waals surface area contributed by atoms with Crippen molar-refractivity contribution < 1.29 is 0 Å². The Balaban J connectivity index is 1.69. The molecular formula is C16H10N6. The van der Waals surface area contributed by atoms with Gasteiger partial charge in [0.2, 0.25) is 0 Å². The molecule has 0 bridgehead atoms. The van der Waals surface area contributed by atoms with E-state index in [0.717, 1.165) is 22.7 Å². The van der Waals surface area contributed by atoms with Gasteiger partial charge in [0.25, 0.3) is 0 Å². The fourth-order valence-electron chi connectivity index (χ4n) is 2.67. The number of benzene rings is 2. The lowest BCUT2D eigenvalue weighted by Crippen LogP contribution is -2.43. The molecule has 0 saturated carbocycles. The number of rotatable bonds is 0. The third-order valence-corrected chi connectivity index (χ3v) is 3.70. The standard InChI is InChI=1S/C16H10N6/c1-3-7-13-11(5-1)17-9-15-20-22-14-8-4-2-6-12(14)18-10-16(22)19-21(13)15/h1-10H. The summed E-state index contributed by atoms with van der Waals surface area (Å²) in [7, 11) is 0. The molecule has 0 atom stereocenters. The van der Waals surface area contributed by atoms with Crippen LogP contribution in [0.1, 0.15) is 0 Å². The number of fused-ring (bicyclic) bond motifs is 6. The van der Waals surface area contributed by atoms with Crippen molar-refractivity contribution in [1.29, 1.82) is 0 Å². The van der Waals surface area contributed by atoms with E-state index in [0.29, 0.717) is 11.7 Å². The fraction of sp³-hybridized carbons (Fsp3) is 0. The molecule has 3 heterocycles. The van der Waals surface area contributed by atoms with E-state index in [2.05, 4.69) is 20.2 Å². The van der Waals surface area contributed by atoms with Crippen molar-refractivity contribution in [2.75, 3.05) is 10.0 Å². The zero-order valence-electron chi connectivity index (χ0n) is 11.5. The van der Waals surface area contributed by atoms with E-state index in [-0.39, 0.29) is 0 Å². The molecule has 0 aromatic heterocycles. The number of anilines is 2. The van der Waals surface area contributed by atoms with Gasteiger partial charge in [-0.2, -0.15) is 0 Å². The molecule has 104 valence electrons. The van der Waals surface area contributed by atoms with Gasteiger partial charge in [-0.1, -0.05) is 24.3 Å². The van der Waals surface area contributed by atoms with E-state index < -0.39 is 0 Å². The van der Waals surface area contributed by atoms with Crippen LogP contribution in [-0.2, 0) is 0 Å². The van der Waals surface area contributed by atoms with E-state index in [1.807, 2.05) is 48.5 Å². The van der Waals surface area contributed by atoms with Gasteiger partial charge in [-0.25, -0.2) is 10.0 Å². The molecule has 3 aliphatic rings. The van der Waals surface area contributed by atoms with Crippen LogP contribution in [-0.4, -0.2) is 24.1 Å². The molecule has 6 heteroatoms. The van der Waals surface area contributed by atoms with Gasteiger partial charge >= 0.3 is 0 Å². The van der Waals surface area contributed by atoms with Crippen LogP contribution >= 0.6 is 0 Å². The lowest BCUT2D eigenvalue weighted by molar-refractivity contribution is 1.01. The molecule has 0 saturated heterocycles. The number of amidine groups is 2. The zero-order chi connectivity index (χ0) is 14.5. The summed E-state index contributed by atoms with van der Waals surface area (Å²) < 4.78 is 0. The highest BCUT2D eigenvalue weighted by Gasteiger charge is 2.29. The third-order valence-electron chi connectivity index (χ3n) is 3.70. The number of aliphatic imine (C=N–C) groups is 2. The maximum Gasteiger partial charge on any atom is 0.193 e. The molecular weight excluding hydrogens is 276 g/mol. The molecule has 0 spiro atoms. The molecule has 0 amide bonds. The minimum Gasteiger partial charge on any atom is -0.251 e. The van der Waals surface area contributed by atoms with E-state index in [1.54, 1.807) is 22.4 Å². The van der Waals surface area contributed by atoms with Crippen LogP contribution < -0.4 is 10.0 Å². The van der Waals surface area contributed by atoms with Crippen molar-refractivity contribution >= 4 is 46.8 Å². The van der Waals surface area contributed by atoms with Gasteiger partial charge in [-0.15, -0.1) is 10.2 Å². The van der Waals surface area contributed by atoms with Crippen molar-refractivity contribution in [3.8, 4) is 0 Å². The average molecular weight is 286 g/mol. The van der Waals surface area contributed by atoms with Crippen LogP contribution in [0, 0.1) is 0 Å². The predicted octanol–water partition coefficient (Wildman–Crippen LogP) is 3.07. The summed E-state index contributed by atoms with van der Waals surface area (Å²) in [5.74, 6) is 1.38. The summed E-state index contributed by atoms with van der Waals surface area (Å²) in [5.41, 5.74) is 3.60. The summed E-state index contributed by atoms with van der Waals surface area (Å²) >= 11 is 0. The Morgan fingerprint density at radius 1 is 0.591 bits per heavy atom. The maximum absolute atomic E-state index is 4.67. The van der Waals surface area contributed by atoms with Crippen molar-refractivity contribution in [2.24, 2.45) is 20.2 Å². The molecule has 0 fully saturated rings. The largest absolute Gasteiger partial charge is 0.251 e. The Labute approximate surface area is 126 Å². The number of hydrazone groups is 2. The van der Waals surface area contributed by atoms with Crippen molar-refractivity contribution in [3.63, 3.8) is 0 Å². The second-order valence-corrected chi connectivity index (χ2v) is 5.03. The van der Waals surface area contributed by atoms with Gasteiger partial charge in [0, 0.05) is 0 Å². The molecule has 0 radical (unpaired) electrons. The first-order valence-electron chi connectivity index (χ1n) is 6.94. The first-order chi connectivity index (χ1) is 10.9. The first-order valence-corrected chi connectivity index (χ1v) is 6.94. The normalized spacial score (nSPS) is 17.1. The Kier molecular flexibility index (Phi) is 2.13. The molecule has 2 aromatic carbocycles. The Bertz CT molecular complexity index is 833. The summed E-state index contributed by atoms with van der Waals surface area (Å²) in [6.07, 6.45) is 3.47. The second kappa shape index (κ2) is 4.11. The highest BCUT2D eigenvalue weighted by molar-refractivity contribution is 6.44. The van der Waals surface area contributed by atoms with Crippen molar-refractivity contribution in [3.05, 3.63) is 48.5 Å². The summed E-state index contributed by atoms with van der Waals surface area (Å²) in [6, 6.07) is 15.7. The van der Waals surface area contributed by atoms with Crippen molar-refractivity contribution in [2.45, 2.75) is 0 Å². The quantitative estimate of drug-likeness (QED) is 0.747. The fourth-order valence-corrected chi connectivity index (χ4v) is 2.67. The summed E-state index contributed by atoms with van der Waals surface area (Å²) in [6.45, 7) is 0. The molecule has 5 rings (SSSR count). The van der Waals surface area contributed by atoms with E-state index >= 15 is 0 Å². The van der Waals surface area contributed by atoms with Crippen LogP contribution in [0.4, 0.5) is 22.7 Å².